The Balaban J connectivity index is 2.30. The summed E-state index contributed by atoms with van der Waals surface area (Å²) < 4.78 is 11.2. The van der Waals surface area contributed by atoms with E-state index in [9.17, 15) is 0 Å². The van der Waals surface area contributed by atoms with Crippen LogP contribution in [0.5, 0.6) is 11.5 Å². The number of hydrogen-bond acceptors (Lipinski definition) is 3. The van der Waals surface area contributed by atoms with Gasteiger partial charge in [-0.3, -0.25) is 0 Å². The van der Waals surface area contributed by atoms with Crippen molar-refractivity contribution in [2.75, 3.05) is 13.2 Å². The van der Waals surface area contributed by atoms with Gasteiger partial charge in [0.1, 0.15) is 0 Å². The molecular weight excluding hydrogens is 250 g/mol. The van der Waals surface area contributed by atoms with Crippen molar-refractivity contribution in [1.82, 2.24) is 0 Å². The molecule has 106 valence electrons. The second-order valence-electron chi connectivity index (χ2n) is 4.46. The average molecular weight is 271 g/mol. The summed E-state index contributed by atoms with van der Waals surface area (Å²) in [4.78, 5) is 0. The van der Waals surface area contributed by atoms with Crippen molar-refractivity contribution in [2.45, 2.75) is 19.9 Å². The maximum atomic E-state index is 6.31. The van der Waals surface area contributed by atoms with Crippen LogP contribution in [0, 0.1) is 0 Å². The summed E-state index contributed by atoms with van der Waals surface area (Å²) in [6.45, 7) is 5.13. The molecule has 0 amide bonds. The van der Waals surface area contributed by atoms with Crippen molar-refractivity contribution in [2.24, 2.45) is 5.73 Å². The first-order chi connectivity index (χ1) is 9.76. The minimum atomic E-state index is -0.161. The number of hydrogen-bond donors (Lipinski definition) is 1. The third kappa shape index (κ3) is 3.31. The lowest BCUT2D eigenvalue weighted by atomic mass is 9.99. The molecule has 2 aromatic carbocycles. The minimum absolute atomic E-state index is 0.161. The second kappa shape index (κ2) is 6.96. The van der Waals surface area contributed by atoms with Crippen molar-refractivity contribution in [3.63, 3.8) is 0 Å². The largest absolute Gasteiger partial charge is 0.490 e. The van der Waals surface area contributed by atoms with Gasteiger partial charge in [-0.15, -0.1) is 0 Å². The van der Waals surface area contributed by atoms with Crippen LogP contribution in [0.3, 0.4) is 0 Å². The fourth-order valence-corrected chi connectivity index (χ4v) is 2.11. The molecule has 0 heterocycles. The first-order valence-corrected chi connectivity index (χ1v) is 6.96. The van der Waals surface area contributed by atoms with Crippen LogP contribution < -0.4 is 15.2 Å². The van der Waals surface area contributed by atoms with Gasteiger partial charge in [0.15, 0.2) is 11.5 Å². The normalized spacial score (nSPS) is 11.9. The maximum Gasteiger partial charge on any atom is 0.161 e. The van der Waals surface area contributed by atoms with E-state index in [-0.39, 0.29) is 6.04 Å². The Morgan fingerprint density at radius 1 is 0.850 bits per heavy atom. The second-order valence-corrected chi connectivity index (χ2v) is 4.46. The zero-order valence-corrected chi connectivity index (χ0v) is 12.0. The third-order valence-corrected chi connectivity index (χ3v) is 3.09. The first kappa shape index (κ1) is 14.4. The molecule has 0 saturated heterocycles. The maximum absolute atomic E-state index is 6.31. The van der Waals surface area contributed by atoms with Crippen LogP contribution >= 0.6 is 0 Å². The molecule has 2 aromatic rings. The molecule has 0 aromatic heterocycles. The van der Waals surface area contributed by atoms with E-state index in [0.717, 1.165) is 22.6 Å². The highest BCUT2D eigenvalue weighted by Gasteiger charge is 2.12. The highest BCUT2D eigenvalue weighted by molar-refractivity contribution is 5.45. The lowest BCUT2D eigenvalue weighted by molar-refractivity contribution is 0.287. The van der Waals surface area contributed by atoms with E-state index >= 15 is 0 Å². The first-order valence-electron chi connectivity index (χ1n) is 6.96. The molecule has 0 aliphatic carbocycles. The van der Waals surface area contributed by atoms with Gasteiger partial charge in [0.2, 0.25) is 0 Å². The standard InChI is InChI=1S/C17H21NO2/c1-3-19-15-11-10-14(12-16(15)20-4-2)17(18)13-8-6-5-7-9-13/h5-12,17H,3-4,18H2,1-2H3/t17-/m0/s1. The fourth-order valence-electron chi connectivity index (χ4n) is 2.11. The summed E-state index contributed by atoms with van der Waals surface area (Å²) in [7, 11) is 0. The van der Waals surface area contributed by atoms with Crippen LogP contribution in [-0.2, 0) is 0 Å². The number of benzene rings is 2. The van der Waals surface area contributed by atoms with E-state index in [1.165, 1.54) is 0 Å². The van der Waals surface area contributed by atoms with E-state index in [1.807, 2.05) is 62.4 Å². The molecule has 1 atom stereocenters. The van der Waals surface area contributed by atoms with E-state index < -0.39 is 0 Å². The van der Waals surface area contributed by atoms with Gasteiger partial charge >= 0.3 is 0 Å². The summed E-state index contributed by atoms with van der Waals surface area (Å²) in [6.07, 6.45) is 0. The van der Waals surface area contributed by atoms with Crippen LogP contribution in [-0.4, -0.2) is 13.2 Å². The van der Waals surface area contributed by atoms with Gasteiger partial charge in [-0.05, 0) is 37.1 Å². The van der Waals surface area contributed by atoms with Crippen molar-refractivity contribution < 1.29 is 9.47 Å². The van der Waals surface area contributed by atoms with Crippen molar-refractivity contribution >= 4 is 0 Å². The van der Waals surface area contributed by atoms with E-state index in [1.54, 1.807) is 0 Å². The van der Waals surface area contributed by atoms with Gasteiger partial charge in [-0.1, -0.05) is 36.4 Å². The molecule has 3 nitrogen and oxygen atoms in total. The lowest BCUT2D eigenvalue weighted by Crippen LogP contribution is -2.12. The lowest BCUT2D eigenvalue weighted by Gasteiger charge is -2.16. The molecule has 0 radical (unpaired) electrons. The van der Waals surface area contributed by atoms with Crippen LogP contribution in [0.1, 0.15) is 31.0 Å². The van der Waals surface area contributed by atoms with Crippen LogP contribution in [0.2, 0.25) is 0 Å². The smallest absolute Gasteiger partial charge is 0.161 e. The fraction of sp³-hybridized carbons (Fsp3) is 0.294. The number of nitrogens with two attached hydrogens (primary N) is 1. The Morgan fingerprint density at radius 3 is 2.15 bits per heavy atom. The zero-order chi connectivity index (χ0) is 14.4. The Kier molecular flexibility index (Phi) is 5.02. The van der Waals surface area contributed by atoms with Gasteiger partial charge in [0.05, 0.1) is 19.3 Å². The Bertz CT molecular complexity index is 540. The summed E-state index contributed by atoms with van der Waals surface area (Å²) in [5.74, 6) is 1.51. The topological polar surface area (TPSA) is 44.5 Å². The molecule has 2 rings (SSSR count). The molecular formula is C17H21NO2. The molecule has 0 aliphatic heterocycles. The van der Waals surface area contributed by atoms with E-state index in [2.05, 4.69) is 0 Å². The third-order valence-electron chi connectivity index (χ3n) is 3.09. The molecule has 0 fully saturated rings. The Hall–Kier alpha value is -2.00. The monoisotopic (exact) mass is 271 g/mol. The predicted molar refractivity (Wildman–Crippen MR) is 81.3 cm³/mol. The van der Waals surface area contributed by atoms with Crippen molar-refractivity contribution in [3.8, 4) is 11.5 Å². The van der Waals surface area contributed by atoms with Gasteiger partial charge in [-0.2, -0.15) is 0 Å². The molecule has 0 unspecified atom stereocenters. The van der Waals surface area contributed by atoms with Gasteiger partial charge in [0, 0.05) is 0 Å². The van der Waals surface area contributed by atoms with Crippen molar-refractivity contribution in [3.05, 3.63) is 59.7 Å². The predicted octanol–water partition coefficient (Wildman–Crippen LogP) is 3.53. The summed E-state index contributed by atoms with van der Waals surface area (Å²) in [5.41, 5.74) is 8.41. The quantitative estimate of drug-likeness (QED) is 0.874. The Labute approximate surface area is 120 Å². The van der Waals surface area contributed by atoms with Crippen LogP contribution in [0.25, 0.3) is 0 Å². The highest BCUT2D eigenvalue weighted by atomic mass is 16.5. The minimum Gasteiger partial charge on any atom is -0.490 e. The molecule has 3 heteroatoms. The van der Waals surface area contributed by atoms with Crippen LogP contribution in [0.15, 0.2) is 48.5 Å². The van der Waals surface area contributed by atoms with Gasteiger partial charge in [-0.25, -0.2) is 0 Å². The van der Waals surface area contributed by atoms with Crippen molar-refractivity contribution in [1.29, 1.82) is 0 Å². The van der Waals surface area contributed by atoms with Gasteiger partial charge in [0.25, 0.3) is 0 Å². The van der Waals surface area contributed by atoms with E-state index in [0.29, 0.717) is 13.2 Å². The highest BCUT2D eigenvalue weighted by Crippen LogP contribution is 2.31. The number of rotatable bonds is 6. The average Bonchev–Trinajstić information content (AvgIpc) is 2.50. The molecule has 0 saturated carbocycles. The molecule has 2 N–H and O–H groups in total. The Morgan fingerprint density at radius 2 is 1.50 bits per heavy atom. The number of ether oxygens (including phenoxy) is 2. The zero-order valence-electron chi connectivity index (χ0n) is 12.0. The summed E-state index contributed by atoms with van der Waals surface area (Å²) in [5, 5.41) is 0. The molecule has 0 bridgehead atoms. The summed E-state index contributed by atoms with van der Waals surface area (Å²) >= 11 is 0. The van der Waals surface area contributed by atoms with Gasteiger partial charge < -0.3 is 15.2 Å². The van der Waals surface area contributed by atoms with Crippen LogP contribution in [0.4, 0.5) is 0 Å². The molecule has 0 aliphatic rings. The molecule has 20 heavy (non-hydrogen) atoms. The SMILES string of the molecule is CCOc1ccc([C@@H](N)c2ccccc2)cc1OCC. The summed E-state index contributed by atoms with van der Waals surface area (Å²) in [6, 6.07) is 15.7. The molecule has 0 spiro atoms. The van der Waals surface area contributed by atoms with E-state index in [4.69, 9.17) is 15.2 Å².